The zero-order valence-corrected chi connectivity index (χ0v) is 19.8. The molecule has 2 heterocycles. The third-order valence-corrected chi connectivity index (χ3v) is 6.00. The van der Waals surface area contributed by atoms with Crippen LogP contribution in [0.25, 0.3) is 0 Å². The van der Waals surface area contributed by atoms with Gasteiger partial charge < -0.3 is 15.0 Å². The van der Waals surface area contributed by atoms with Crippen LogP contribution in [-0.2, 0) is 17.6 Å². The zero-order chi connectivity index (χ0) is 24.7. The van der Waals surface area contributed by atoms with Gasteiger partial charge in [0.25, 0.3) is 12.3 Å². The van der Waals surface area contributed by atoms with Crippen molar-refractivity contribution in [2.24, 2.45) is 0 Å². The van der Waals surface area contributed by atoms with Crippen molar-refractivity contribution in [1.82, 2.24) is 14.9 Å². The van der Waals surface area contributed by atoms with E-state index in [0.29, 0.717) is 17.7 Å². The van der Waals surface area contributed by atoms with Crippen LogP contribution in [-0.4, -0.2) is 40.7 Å². The standard InChI is InChI=1S/C26H30F2N4O2/c1-4-17(5-2)21(11-6-7-14-33)30-26-29-16-20(24(27)28)22(31-26)15-19-10-8-9-18-12-13-32(3)25(34)23(18)19/h6,8-11,14,16,24H,4-5,7,12-13,15H2,1-3H3,(H,29,30,31)/b11-6-. The highest BCUT2D eigenvalue weighted by Crippen LogP contribution is 2.28. The normalized spacial score (nSPS) is 13.4. The molecule has 0 saturated carbocycles. The largest absolute Gasteiger partial charge is 0.341 e. The Labute approximate surface area is 198 Å². The van der Waals surface area contributed by atoms with E-state index in [1.165, 1.54) is 0 Å². The van der Waals surface area contributed by atoms with Gasteiger partial charge in [0.15, 0.2) is 0 Å². The monoisotopic (exact) mass is 468 g/mol. The van der Waals surface area contributed by atoms with Gasteiger partial charge in [-0.25, -0.2) is 18.7 Å². The van der Waals surface area contributed by atoms with Crippen LogP contribution in [0.15, 0.2) is 47.8 Å². The number of alkyl halides is 2. The minimum atomic E-state index is -2.74. The molecule has 0 saturated heterocycles. The number of anilines is 1. The molecule has 34 heavy (non-hydrogen) atoms. The van der Waals surface area contributed by atoms with Crippen molar-refractivity contribution in [3.8, 4) is 0 Å². The number of likely N-dealkylation sites (N-methyl/N-ethyl adjacent to an activating group) is 1. The van der Waals surface area contributed by atoms with Gasteiger partial charge >= 0.3 is 0 Å². The van der Waals surface area contributed by atoms with E-state index in [4.69, 9.17) is 0 Å². The minimum Gasteiger partial charge on any atom is -0.341 e. The van der Waals surface area contributed by atoms with Crippen LogP contribution in [0.2, 0.25) is 0 Å². The van der Waals surface area contributed by atoms with E-state index in [1.807, 2.05) is 26.0 Å². The van der Waals surface area contributed by atoms with E-state index < -0.39 is 6.43 Å². The Bertz CT molecular complexity index is 1110. The van der Waals surface area contributed by atoms with Crippen molar-refractivity contribution in [2.75, 3.05) is 18.9 Å². The Kier molecular flexibility index (Phi) is 8.62. The number of carbonyl (C=O) groups is 2. The Morgan fingerprint density at radius 1 is 1.26 bits per heavy atom. The zero-order valence-electron chi connectivity index (χ0n) is 19.8. The average Bonchev–Trinajstić information content (AvgIpc) is 2.82. The average molecular weight is 469 g/mol. The van der Waals surface area contributed by atoms with E-state index >= 15 is 0 Å². The first-order valence-electron chi connectivity index (χ1n) is 11.5. The molecule has 1 amide bonds. The smallest absolute Gasteiger partial charge is 0.267 e. The fourth-order valence-corrected chi connectivity index (χ4v) is 4.10. The fraction of sp³-hybridized carbons (Fsp3) is 0.385. The van der Waals surface area contributed by atoms with Crippen LogP contribution in [0.3, 0.4) is 0 Å². The molecule has 180 valence electrons. The Hall–Kier alpha value is -3.42. The molecule has 0 bridgehead atoms. The number of nitrogens with zero attached hydrogens (tertiary/aromatic N) is 3. The maximum atomic E-state index is 13.8. The van der Waals surface area contributed by atoms with E-state index in [9.17, 15) is 18.4 Å². The molecule has 6 nitrogen and oxygen atoms in total. The molecule has 1 aromatic carbocycles. The lowest BCUT2D eigenvalue weighted by Gasteiger charge is -2.26. The summed E-state index contributed by atoms with van der Waals surface area (Å²) in [4.78, 5) is 33.7. The Morgan fingerprint density at radius 2 is 2.03 bits per heavy atom. The summed E-state index contributed by atoms with van der Waals surface area (Å²) >= 11 is 0. The van der Waals surface area contributed by atoms with Gasteiger partial charge in [-0.15, -0.1) is 0 Å². The number of rotatable bonds is 10. The number of carbonyl (C=O) groups excluding carboxylic acids is 2. The lowest BCUT2D eigenvalue weighted by molar-refractivity contribution is -0.107. The lowest BCUT2D eigenvalue weighted by Crippen LogP contribution is -2.35. The van der Waals surface area contributed by atoms with E-state index in [0.717, 1.165) is 48.6 Å². The molecule has 1 aliphatic rings. The predicted molar refractivity (Wildman–Crippen MR) is 128 cm³/mol. The van der Waals surface area contributed by atoms with Gasteiger partial charge in [0, 0.05) is 43.9 Å². The number of nitrogens with one attached hydrogen (secondary N) is 1. The number of allylic oxidation sites excluding steroid dienone is 3. The van der Waals surface area contributed by atoms with Gasteiger partial charge in [-0.3, -0.25) is 4.79 Å². The van der Waals surface area contributed by atoms with Gasteiger partial charge in [0.05, 0.1) is 11.3 Å². The Morgan fingerprint density at radius 3 is 2.71 bits per heavy atom. The molecule has 2 aromatic rings. The Balaban J connectivity index is 2.01. The molecular weight excluding hydrogens is 438 g/mol. The molecule has 0 aliphatic carbocycles. The van der Waals surface area contributed by atoms with Crippen LogP contribution in [0.4, 0.5) is 14.7 Å². The first-order valence-corrected chi connectivity index (χ1v) is 11.5. The molecule has 8 heteroatoms. The molecular formula is C26H30F2N4O2. The second-order valence-electron chi connectivity index (χ2n) is 8.16. The van der Waals surface area contributed by atoms with Gasteiger partial charge in [0.2, 0.25) is 5.95 Å². The maximum absolute atomic E-state index is 13.8. The van der Waals surface area contributed by atoms with Gasteiger partial charge in [-0.2, -0.15) is 0 Å². The molecule has 0 spiro atoms. The van der Waals surface area contributed by atoms with Crippen LogP contribution >= 0.6 is 0 Å². The van der Waals surface area contributed by atoms with Crippen molar-refractivity contribution in [3.05, 3.63) is 75.8 Å². The molecule has 1 aromatic heterocycles. The second kappa shape index (κ2) is 11.6. The summed E-state index contributed by atoms with van der Waals surface area (Å²) in [5.74, 6) is 0.0849. The summed E-state index contributed by atoms with van der Waals surface area (Å²) in [6.45, 7) is 4.67. The van der Waals surface area contributed by atoms with Gasteiger partial charge in [-0.1, -0.05) is 38.1 Å². The minimum absolute atomic E-state index is 0.0913. The predicted octanol–water partition coefficient (Wildman–Crippen LogP) is 5.26. The number of fused-ring (bicyclic) bond motifs is 1. The molecule has 3 rings (SSSR count). The quantitative estimate of drug-likeness (QED) is 0.380. The van der Waals surface area contributed by atoms with E-state index in [-0.39, 0.29) is 36.0 Å². The fourth-order valence-electron chi connectivity index (χ4n) is 4.10. The van der Waals surface area contributed by atoms with Gasteiger partial charge in [0.1, 0.15) is 6.29 Å². The second-order valence-corrected chi connectivity index (χ2v) is 8.16. The highest BCUT2D eigenvalue weighted by Gasteiger charge is 2.26. The van der Waals surface area contributed by atoms with Gasteiger partial charge in [-0.05, 0) is 42.0 Å². The number of halogens is 2. The van der Waals surface area contributed by atoms with Crippen molar-refractivity contribution < 1.29 is 18.4 Å². The highest BCUT2D eigenvalue weighted by molar-refractivity contribution is 5.98. The number of amides is 1. The summed E-state index contributed by atoms with van der Waals surface area (Å²) in [6.07, 6.45) is 5.36. The number of aldehydes is 1. The van der Waals surface area contributed by atoms with Crippen molar-refractivity contribution in [3.63, 3.8) is 0 Å². The molecule has 1 aliphatic heterocycles. The summed E-state index contributed by atoms with van der Waals surface area (Å²) < 4.78 is 27.6. The first-order chi connectivity index (χ1) is 16.4. The molecule has 0 atom stereocenters. The third-order valence-electron chi connectivity index (χ3n) is 6.00. The molecule has 0 radical (unpaired) electrons. The van der Waals surface area contributed by atoms with Crippen molar-refractivity contribution in [2.45, 2.75) is 52.4 Å². The summed E-state index contributed by atoms with van der Waals surface area (Å²) in [6, 6.07) is 5.55. The van der Waals surface area contributed by atoms with Crippen LogP contribution in [0.1, 0.15) is 72.3 Å². The number of aromatic nitrogens is 2. The highest BCUT2D eigenvalue weighted by atomic mass is 19.3. The first kappa shape index (κ1) is 25.2. The summed E-state index contributed by atoms with van der Waals surface area (Å²) in [5, 5.41) is 3.14. The third kappa shape index (κ3) is 5.73. The van der Waals surface area contributed by atoms with Crippen molar-refractivity contribution in [1.29, 1.82) is 0 Å². The van der Waals surface area contributed by atoms with E-state index in [1.54, 1.807) is 30.2 Å². The summed E-state index contributed by atoms with van der Waals surface area (Å²) in [7, 11) is 1.74. The van der Waals surface area contributed by atoms with Crippen LogP contribution < -0.4 is 5.32 Å². The van der Waals surface area contributed by atoms with Crippen molar-refractivity contribution >= 4 is 18.1 Å². The number of hydrogen-bond donors (Lipinski definition) is 1. The SMILES string of the molecule is CCC(CC)=C(/C=C\CC=O)Nc1ncc(C(F)F)c(Cc2cccc3c2C(=O)N(C)CC3)n1. The topological polar surface area (TPSA) is 75.2 Å². The van der Waals surface area contributed by atoms with Crippen LogP contribution in [0, 0.1) is 0 Å². The number of benzene rings is 1. The number of hydrogen-bond acceptors (Lipinski definition) is 5. The maximum Gasteiger partial charge on any atom is 0.267 e. The summed E-state index contributed by atoms with van der Waals surface area (Å²) in [5.41, 5.74) is 3.92. The lowest BCUT2D eigenvalue weighted by atomic mass is 9.91. The van der Waals surface area contributed by atoms with Crippen LogP contribution in [0.5, 0.6) is 0 Å². The molecule has 0 fully saturated rings. The van der Waals surface area contributed by atoms with E-state index in [2.05, 4.69) is 15.3 Å². The molecule has 1 N–H and O–H groups in total. The molecule has 0 unspecified atom stereocenters.